The second-order valence-corrected chi connectivity index (χ2v) is 9.88. The lowest BCUT2D eigenvalue weighted by Gasteiger charge is -2.17. The minimum atomic E-state index is -0.501. The quantitative estimate of drug-likeness (QED) is 0.279. The van der Waals surface area contributed by atoms with Crippen LogP contribution in [0, 0.1) is 0 Å². The largest absolute Gasteiger partial charge is 0.449 e. The van der Waals surface area contributed by atoms with Crippen molar-refractivity contribution in [3.8, 4) is 11.1 Å². The van der Waals surface area contributed by atoms with Crippen molar-refractivity contribution in [2.75, 3.05) is 6.61 Å². The first kappa shape index (κ1) is 24.2. The summed E-state index contributed by atoms with van der Waals surface area (Å²) in [4.78, 5) is 29.2. The van der Waals surface area contributed by atoms with Gasteiger partial charge in [0.15, 0.2) is 6.29 Å². The maximum Gasteiger partial charge on any atom is 0.407 e. The molecule has 3 aromatic carbocycles. The Balaban J connectivity index is 1.29. The summed E-state index contributed by atoms with van der Waals surface area (Å²) in [7, 11) is 1.95. The molecule has 0 saturated carbocycles. The number of carbonyl (C=O) groups is 2. The van der Waals surface area contributed by atoms with Gasteiger partial charge in [0.05, 0.1) is 5.02 Å². The van der Waals surface area contributed by atoms with Crippen LogP contribution in [0.1, 0.15) is 33.0 Å². The molecule has 4 aromatic rings. The molecular weight excluding hydrogens is 491 g/mol. The van der Waals surface area contributed by atoms with E-state index < -0.39 is 6.09 Å². The van der Waals surface area contributed by atoms with Crippen molar-refractivity contribution in [3.63, 3.8) is 0 Å². The van der Waals surface area contributed by atoms with Gasteiger partial charge < -0.3 is 10.1 Å². The van der Waals surface area contributed by atoms with Gasteiger partial charge in [0.25, 0.3) is 0 Å². The van der Waals surface area contributed by atoms with Crippen LogP contribution < -0.4 is 10.8 Å². The number of aromatic nitrogens is 1. The lowest BCUT2D eigenvalue weighted by molar-refractivity contribution is 0.112. The van der Waals surface area contributed by atoms with Crippen LogP contribution in [-0.2, 0) is 11.3 Å². The molecule has 1 aliphatic carbocycles. The van der Waals surface area contributed by atoms with Gasteiger partial charge in [-0.05, 0) is 46.0 Å². The molecule has 1 aromatic heterocycles. The number of hydrogen-bond donors (Lipinski definition) is 1. The number of carbonyl (C=O) groups excluding carboxylic acids is 2. The Morgan fingerprint density at radius 1 is 1.03 bits per heavy atom. The molecule has 0 unspecified atom stereocenters. The third-order valence-electron chi connectivity index (χ3n) is 6.33. The van der Waals surface area contributed by atoms with Crippen LogP contribution in [0.5, 0.6) is 0 Å². The number of nitrogens with one attached hydrogen (secondary N) is 1. The zero-order valence-electron chi connectivity index (χ0n) is 19.5. The fourth-order valence-corrected chi connectivity index (χ4v) is 5.87. The summed E-state index contributed by atoms with van der Waals surface area (Å²) < 4.78 is 5.68. The van der Waals surface area contributed by atoms with Crippen LogP contribution >= 0.6 is 23.4 Å². The van der Waals surface area contributed by atoms with Crippen molar-refractivity contribution in [2.45, 2.75) is 22.4 Å². The third-order valence-corrected chi connectivity index (χ3v) is 7.96. The molecule has 0 spiro atoms. The number of rotatable bonds is 7. The van der Waals surface area contributed by atoms with Gasteiger partial charge in [-0.3, -0.25) is 4.79 Å². The van der Waals surface area contributed by atoms with Crippen molar-refractivity contribution in [3.05, 3.63) is 106 Å². The molecule has 178 valence electrons. The van der Waals surface area contributed by atoms with E-state index in [9.17, 15) is 9.59 Å². The van der Waals surface area contributed by atoms with Crippen molar-refractivity contribution in [1.82, 2.24) is 10.3 Å². The molecule has 0 aliphatic heterocycles. The summed E-state index contributed by atoms with van der Waals surface area (Å²) in [5.41, 5.74) is 6.99. The number of fused-ring (bicyclic) bond motifs is 3. The number of alkyl carbamates (subject to hydrolysis) is 1. The molecule has 1 N–H and O–H groups in total. The van der Waals surface area contributed by atoms with Crippen LogP contribution in [0.3, 0.4) is 0 Å². The highest BCUT2D eigenvalue weighted by molar-refractivity contribution is 7.99. The number of amides is 1. The van der Waals surface area contributed by atoms with E-state index in [1.807, 2.05) is 38.2 Å². The van der Waals surface area contributed by atoms with E-state index in [0.717, 1.165) is 33.3 Å². The van der Waals surface area contributed by atoms with Gasteiger partial charge in [0, 0.05) is 29.1 Å². The second kappa shape index (κ2) is 10.6. The average molecular weight is 513 g/mol. The van der Waals surface area contributed by atoms with Gasteiger partial charge in [0.2, 0.25) is 0 Å². The van der Waals surface area contributed by atoms with E-state index in [1.165, 1.54) is 22.9 Å². The van der Waals surface area contributed by atoms with Crippen LogP contribution in [0.25, 0.3) is 11.1 Å². The molecule has 36 heavy (non-hydrogen) atoms. The van der Waals surface area contributed by atoms with Crippen LogP contribution in [0.2, 0.25) is 5.02 Å². The number of benzene rings is 3. The first-order chi connectivity index (χ1) is 17.6. The number of nitrogens with zero attached hydrogens (tertiary/aromatic N) is 1. The molecule has 1 heterocycles. The number of halogens is 1. The summed E-state index contributed by atoms with van der Waals surface area (Å²) in [5, 5.41) is 3.95. The smallest absolute Gasteiger partial charge is 0.407 e. The first-order valence-electron chi connectivity index (χ1n) is 11.5. The highest BCUT2D eigenvalue weighted by Crippen LogP contribution is 2.44. The average Bonchev–Trinajstić information content (AvgIpc) is 3.23. The molecule has 1 aliphatic rings. The third kappa shape index (κ3) is 4.77. The fraction of sp³-hybridized carbons (Fsp3) is 0.107. The Labute approximate surface area is 219 Å². The van der Waals surface area contributed by atoms with E-state index in [2.05, 4.69) is 34.6 Å². The van der Waals surface area contributed by atoms with Crippen LogP contribution in [0.4, 0.5) is 4.79 Å². The van der Waals surface area contributed by atoms with Gasteiger partial charge >= 0.3 is 6.09 Å². The second-order valence-electron chi connectivity index (χ2n) is 8.47. The van der Waals surface area contributed by atoms with E-state index in [0.29, 0.717) is 15.6 Å². The number of ether oxygens (including phenoxy) is 1. The Bertz CT molecular complexity index is 1420. The fourth-order valence-electron chi connectivity index (χ4n) is 4.51. The Morgan fingerprint density at radius 3 is 2.42 bits per heavy atom. The van der Waals surface area contributed by atoms with Crippen molar-refractivity contribution >= 4 is 49.1 Å². The van der Waals surface area contributed by atoms with Gasteiger partial charge in [-0.15, -0.1) is 0 Å². The Kier molecular flexibility index (Phi) is 7.12. The summed E-state index contributed by atoms with van der Waals surface area (Å²) in [6, 6.07) is 23.6. The number of hydrogen-bond acceptors (Lipinski definition) is 5. The molecule has 0 bridgehead atoms. The maximum atomic E-state index is 12.7. The number of pyridine rings is 1. The molecule has 0 fully saturated rings. The minimum absolute atomic E-state index is 0.00640. The van der Waals surface area contributed by atoms with E-state index >= 15 is 0 Å². The standard InChI is InChI=1S/C28H22BClN2O3S/c29-24-11-12-25(30)26(36-27-17(15-33)6-5-13-31-27)22(24)14-32-28(34)35-16-23-20-9-3-1-7-18(20)19-8-2-4-10-21(19)23/h1-13,15,23H,14,16,29H2,(H,32,34). The molecule has 1 amide bonds. The Morgan fingerprint density at radius 2 is 1.72 bits per heavy atom. The van der Waals surface area contributed by atoms with Gasteiger partial charge in [-0.25, -0.2) is 9.78 Å². The van der Waals surface area contributed by atoms with Crippen molar-refractivity contribution in [1.29, 1.82) is 0 Å². The highest BCUT2D eigenvalue weighted by atomic mass is 35.5. The molecular formula is C28H22BClN2O3S. The molecule has 8 heteroatoms. The zero-order chi connectivity index (χ0) is 25.1. The monoisotopic (exact) mass is 512 g/mol. The van der Waals surface area contributed by atoms with E-state index in [4.69, 9.17) is 16.3 Å². The molecule has 5 nitrogen and oxygen atoms in total. The summed E-state index contributed by atoms with van der Waals surface area (Å²) >= 11 is 7.83. The number of aldehydes is 1. The maximum absolute atomic E-state index is 12.7. The molecule has 0 atom stereocenters. The van der Waals surface area contributed by atoms with Crippen LogP contribution in [0.15, 0.2) is 88.9 Å². The summed E-state index contributed by atoms with van der Waals surface area (Å²) in [5.74, 6) is -0.00640. The highest BCUT2D eigenvalue weighted by Gasteiger charge is 2.29. The zero-order valence-corrected chi connectivity index (χ0v) is 21.1. The minimum Gasteiger partial charge on any atom is -0.449 e. The van der Waals surface area contributed by atoms with Crippen molar-refractivity contribution in [2.24, 2.45) is 0 Å². The summed E-state index contributed by atoms with van der Waals surface area (Å²) in [6.45, 7) is 0.473. The van der Waals surface area contributed by atoms with E-state index in [-0.39, 0.29) is 19.1 Å². The van der Waals surface area contributed by atoms with Gasteiger partial charge in [-0.2, -0.15) is 0 Å². The predicted molar refractivity (Wildman–Crippen MR) is 145 cm³/mol. The topological polar surface area (TPSA) is 68.3 Å². The Hall–Kier alpha value is -3.55. The molecule has 5 rings (SSSR count). The summed E-state index contributed by atoms with van der Waals surface area (Å²) in [6.07, 6.45) is 1.90. The van der Waals surface area contributed by atoms with Gasteiger partial charge in [0.1, 0.15) is 19.5 Å². The van der Waals surface area contributed by atoms with Crippen LogP contribution in [-0.4, -0.2) is 31.8 Å². The predicted octanol–water partition coefficient (Wildman–Crippen LogP) is 5.00. The molecule has 0 saturated heterocycles. The lowest BCUT2D eigenvalue weighted by Crippen LogP contribution is -2.28. The van der Waals surface area contributed by atoms with E-state index in [1.54, 1.807) is 24.4 Å². The van der Waals surface area contributed by atoms with Crippen molar-refractivity contribution < 1.29 is 14.3 Å². The SMILES string of the molecule is Bc1ccc(Cl)c(Sc2ncccc2C=O)c1CNC(=O)OCC1c2ccccc2-c2ccccc21. The normalized spacial score (nSPS) is 12.0. The first-order valence-corrected chi connectivity index (χ1v) is 12.7. The van der Waals surface area contributed by atoms with Gasteiger partial charge in [-0.1, -0.05) is 83.4 Å². The lowest BCUT2D eigenvalue weighted by atomic mass is 9.90. The molecule has 0 radical (unpaired) electrons.